The highest BCUT2D eigenvalue weighted by Crippen LogP contribution is 2.08. The number of carboxylic acids is 1. The fourth-order valence-electron chi connectivity index (χ4n) is 1.32. The van der Waals surface area contributed by atoms with E-state index in [-0.39, 0.29) is 5.92 Å². The second kappa shape index (κ2) is 4.79. The van der Waals surface area contributed by atoms with Gasteiger partial charge in [-0.15, -0.1) is 0 Å². The van der Waals surface area contributed by atoms with E-state index in [0.29, 0.717) is 6.42 Å². The van der Waals surface area contributed by atoms with Crippen LogP contribution in [0.5, 0.6) is 0 Å². The fourth-order valence-corrected chi connectivity index (χ4v) is 1.32. The summed E-state index contributed by atoms with van der Waals surface area (Å²) in [6.07, 6.45) is 2.52. The van der Waals surface area contributed by atoms with Crippen LogP contribution in [-0.4, -0.2) is 21.3 Å². The Kier molecular flexibility index (Phi) is 3.68. The Hall–Kier alpha value is -1.32. The van der Waals surface area contributed by atoms with Crippen LogP contribution in [0.1, 0.15) is 31.7 Å². The number of carbonyl (C=O) groups is 1. The molecule has 0 spiro atoms. The zero-order chi connectivity index (χ0) is 10.6. The maximum atomic E-state index is 10.6. The lowest BCUT2D eigenvalue weighted by molar-refractivity contribution is -0.141. The third-order valence-corrected chi connectivity index (χ3v) is 2.14. The van der Waals surface area contributed by atoms with Crippen molar-refractivity contribution in [3.8, 4) is 0 Å². The highest BCUT2D eigenvalue weighted by atomic mass is 16.4. The molecule has 0 radical (unpaired) electrons. The van der Waals surface area contributed by atoms with E-state index in [4.69, 9.17) is 5.11 Å². The van der Waals surface area contributed by atoms with Crippen molar-refractivity contribution < 1.29 is 9.90 Å². The maximum absolute atomic E-state index is 10.6. The number of carboxylic acid groups (broad SMARTS) is 1. The summed E-state index contributed by atoms with van der Waals surface area (Å²) in [5, 5.41) is 15.7. The molecular formula is C10H16N2O2. The zero-order valence-corrected chi connectivity index (χ0v) is 8.58. The van der Waals surface area contributed by atoms with E-state index in [1.165, 1.54) is 0 Å². The lowest BCUT2D eigenvalue weighted by Crippen LogP contribution is -2.12. The van der Waals surface area contributed by atoms with Gasteiger partial charge in [-0.2, -0.15) is 5.10 Å². The number of hydrogen-bond donors (Lipinski definition) is 2. The van der Waals surface area contributed by atoms with Crippen molar-refractivity contribution in [2.75, 3.05) is 0 Å². The molecule has 4 nitrogen and oxygen atoms in total. The predicted octanol–water partition coefficient (Wildman–Crippen LogP) is 1.63. The summed E-state index contributed by atoms with van der Waals surface area (Å²) in [6, 6.07) is 1.95. The van der Waals surface area contributed by atoms with Crippen molar-refractivity contribution in [3.05, 3.63) is 17.5 Å². The second-order valence-electron chi connectivity index (χ2n) is 3.58. The molecule has 0 aliphatic rings. The molecule has 78 valence electrons. The molecule has 14 heavy (non-hydrogen) atoms. The quantitative estimate of drug-likeness (QED) is 0.752. The molecule has 1 unspecified atom stereocenters. The fraction of sp³-hybridized carbons (Fsp3) is 0.600. The summed E-state index contributed by atoms with van der Waals surface area (Å²) in [7, 11) is 0. The summed E-state index contributed by atoms with van der Waals surface area (Å²) in [4.78, 5) is 10.6. The van der Waals surface area contributed by atoms with Gasteiger partial charge >= 0.3 is 5.97 Å². The lowest BCUT2D eigenvalue weighted by Gasteiger charge is -2.01. The third-order valence-electron chi connectivity index (χ3n) is 2.14. The first kappa shape index (κ1) is 10.8. The topological polar surface area (TPSA) is 66.0 Å². The molecule has 0 amide bonds. The van der Waals surface area contributed by atoms with Gasteiger partial charge in [0.2, 0.25) is 0 Å². The van der Waals surface area contributed by atoms with Gasteiger partial charge in [0.1, 0.15) is 0 Å². The van der Waals surface area contributed by atoms with Crippen LogP contribution in [0, 0.1) is 5.92 Å². The van der Waals surface area contributed by atoms with Crippen LogP contribution in [0.4, 0.5) is 0 Å². The SMILES string of the molecule is CCCc1cc(CC(C)C(=O)O)[nH]n1. The predicted molar refractivity (Wildman–Crippen MR) is 53.1 cm³/mol. The number of hydrogen-bond acceptors (Lipinski definition) is 2. The minimum Gasteiger partial charge on any atom is -0.481 e. The number of aliphatic carboxylic acids is 1. The van der Waals surface area contributed by atoms with Crippen molar-refractivity contribution in [2.45, 2.75) is 33.1 Å². The van der Waals surface area contributed by atoms with Gasteiger partial charge in [0.25, 0.3) is 0 Å². The Morgan fingerprint density at radius 2 is 2.43 bits per heavy atom. The molecule has 2 N–H and O–H groups in total. The van der Waals surface area contributed by atoms with Gasteiger partial charge in [-0.1, -0.05) is 20.3 Å². The van der Waals surface area contributed by atoms with E-state index < -0.39 is 5.97 Å². The van der Waals surface area contributed by atoms with Gasteiger partial charge in [0.15, 0.2) is 0 Å². The van der Waals surface area contributed by atoms with Gasteiger partial charge < -0.3 is 5.11 Å². The number of aromatic nitrogens is 2. The molecule has 1 heterocycles. The summed E-state index contributed by atoms with van der Waals surface area (Å²) in [6.45, 7) is 3.79. The highest BCUT2D eigenvalue weighted by molar-refractivity contribution is 5.69. The van der Waals surface area contributed by atoms with Gasteiger partial charge in [-0.05, 0) is 12.5 Å². The number of nitrogens with zero attached hydrogens (tertiary/aromatic N) is 1. The number of nitrogens with one attached hydrogen (secondary N) is 1. The molecule has 1 aromatic heterocycles. The van der Waals surface area contributed by atoms with E-state index in [1.807, 2.05) is 6.07 Å². The van der Waals surface area contributed by atoms with Crippen LogP contribution in [-0.2, 0) is 17.6 Å². The van der Waals surface area contributed by atoms with Crippen molar-refractivity contribution in [3.63, 3.8) is 0 Å². The molecule has 0 aliphatic carbocycles. The van der Waals surface area contributed by atoms with Crippen LogP contribution in [0.25, 0.3) is 0 Å². The molecule has 0 aromatic carbocycles. The molecule has 4 heteroatoms. The lowest BCUT2D eigenvalue weighted by atomic mass is 10.1. The van der Waals surface area contributed by atoms with Gasteiger partial charge in [0.05, 0.1) is 11.6 Å². The average Bonchev–Trinajstić information content (AvgIpc) is 2.53. The molecule has 1 rings (SSSR count). The molecule has 0 aliphatic heterocycles. The number of aromatic amines is 1. The van der Waals surface area contributed by atoms with Crippen LogP contribution >= 0.6 is 0 Å². The number of H-pyrrole nitrogens is 1. The van der Waals surface area contributed by atoms with Crippen LogP contribution in [0.3, 0.4) is 0 Å². The van der Waals surface area contributed by atoms with Gasteiger partial charge in [-0.3, -0.25) is 9.89 Å². The summed E-state index contributed by atoms with van der Waals surface area (Å²) >= 11 is 0. The number of rotatable bonds is 5. The Labute approximate surface area is 83.3 Å². The largest absolute Gasteiger partial charge is 0.481 e. The molecule has 1 atom stereocenters. The van der Waals surface area contributed by atoms with E-state index in [1.54, 1.807) is 6.92 Å². The molecule has 1 aromatic rings. The Morgan fingerprint density at radius 1 is 1.71 bits per heavy atom. The first-order chi connectivity index (χ1) is 6.63. The molecular weight excluding hydrogens is 180 g/mol. The minimum atomic E-state index is -0.767. The van der Waals surface area contributed by atoms with Crippen LogP contribution in [0.2, 0.25) is 0 Å². The van der Waals surface area contributed by atoms with E-state index in [2.05, 4.69) is 17.1 Å². The number of aryl methyl sites for hydroxylation is 1. The summed E-state index contributed by atoms with van der Waals surface area (Å²) < 4.78 is 0. The molecule has 0 saturated heterocycles. The van der Waals surface area contributed by atoms with Gasteiger partial charge in [-0.25, -0.2) is 0 Å². The average molecular weight is 196 g/mol. The second-order valence-corrected chi connectivity index (χ2v) is 3.58. The van der Waals surface area contributed by atoms with E-state index in [0.717, 1.165) is 24.2 Å². The Morgan fingerprint density at radius 3 is 3.00 bits per heavy atom. The first-order valence-corrected chi connectivity index (χ1v) is 4.89. The van der Waals surface area contributed by atoms with E-state index in [9.17, 15) is 4.79 Å². The highest BCUT2D eigenvalue weighted by Gasteiger charge is 2.12. The van der Waals surface area contributed by atoms with Crippen molar-refractivity contribution in [1.29, 1.82) is 0 Å². The smallest absolute Gasteiger partial charge is 0.306 e. The molecule has 0 fully saturated rings. The summed E-state index contributed by atoms with van der Waals surface area (Å²) in [5.74, 6) is -1.12. The van der Waals surface area contributed by atoms with E-state index >= 15 is 0 Å². The molecule has 0 saturated carbocycles. The van der Waals surface area contributed by atoms with Crippen molar-refractivity contribution >= 4 is 5.97 Å². The van der Waals surface area contributed by atoms with Crippen LogP contribution in [0.15, 0.2) is 6.07 Å². The third kappa shape index (κ3) is 2.87. The van der Waals surface area contributed by atoms with Gasteiger partial charge in [0, 0.05) is 12.1 Å². The monoisotopic (exact) mass is 196 g/mol. The Balaban J connectivity index is 2.55. The zero-order valence-electron chi connectivity index (χ0n) is 8.58. The van der Waals surface area contributed by atoms with Crippen LogP contribution < -0.4 is 0 Å². The Bertz CT molecular complexity index is 307. The van der Waals surface area contributed by atoms with Crippen molar-refractivity contribution in [2.24, 2.45) is 5.92 Å². The normalized spacial score (nSPS) is 12.7. The summed E-state index contributed by atoms with van der Waals surface area (Å²) in [5.41, 5.74) is 1.92. The molecule has 0 bridgehead atoms. The first-order valence-electron chi connectivity index (χ1n) is 4.89. The minimum absolute atomic E-state index is 0.357. The van der Waals surface area contributed by atoms with Crippen molar-refractivity contribution in [1.82, 2.24) is 10.2 Å². The maximum Gasteiger partial charge on any atom is 0.306 e. The standard InChI is InChI=1S/C10H16N2O2/c1-3-4-8-6-9(12-11-8)5-7(2)10(13)14/h6-7H,3-5H2,1-2H3,(H,11,12)(H,13,14).